The van der Waals surface area contributed by atoms with Gasteiger partial charge in [0.05, 0.1) is 13.2 Å². The van der Waals surface area contributed by atoms with Crippen LogP contribution in [0.2, 0.25) is 0 Å². The summed E-state index contributed by atoms with van der Waals surface area (Å²) in [6.07, 6.45) is 12.5. The molecule has 0 bridgehead atoms. The molecule has 2 aromatic rings. The number of rotatable bonds is 5. The Bertz CT molecular complexity index is 817. The number of ether oxygens (including phenoxy) is 2. The van der Waals surface area contributed by atoms with Gasteiger partial charge in [-0.1, -0.05) is 0 Å². The zero-order valence-electron chi connectivity index (χ0n) is 15.7. The number of morpholine rings is 1. The zero-order valence-corrected chi connectivity index (χ0v) is 15.7. The van der Waals surface area contributed by atoms with Crippen molar-refractivity contribution in [1.82, 2.24) is 24.4 Å². The molecule has 27 heavy (non-hydrogen) atoms. The Balaban J connectivity index is 1.30. The predicted molar refractivity (Wildman–Crippen MR) is 101 cm³/mol. The van der Waals surface area contributed by atoms with E-state index in [0.29, 0.717) is 12.1 Å². The van der Waals surface area contributed by atoms with Crippen molar-refractivity contribution in [2.45, 2.75) is 37.8 Å². The van der Waals surface area contributed by atoms with Crippen LogP contribution in [-0.4, -0.2) is 69.9 Å². The van der Waals surface area contributed by atoms with E-state index < -0.39 is 0 Å². The third kappa shape index (κ3) is 3.46. The third-order valence-electron chi connectivity index (χ3n) is 5.77. The Hall–Kier alpha value is -2.32. The van der Waals surface area contributed by atoms with Crippen molar-refractivity contribution < 1.29 is 9.47 Å². The van der Waals surface area contributed by atoms with Gasteiger partial charge in [-0.15, -0.1) is 0 Å². The number of hydrazine groups is 1. The third-order valence-corrected chi connectivity index (χ3v) is 5.77. The van der Waals surface area contributed by atoms with Gasteiger partial charge in [0.25, 0.3) is 0 Å². The smallest absolute Gasteiger partial charge is 0.304 e. The van der Waals surface area contributed by atoms with E-state index in [9.17, 15) is 0 Å². The van der Waals surface area contributed by atoms with Gasteiger partial charge in [0.2, 0.25) is 0 Å². The fourth-order valence-electron chi connectivity index (χ4n) is 4.04. The minimum atomic E-state index is 0.204. The van der Waals surface area contributed by atoms with Crippen molar-refractivity contribution in [1.29, 1.82) is 0 Å². The van der Waals surface area contributed by atoms with Gasteiger partial charge in [0.1, 0.15) is 17.6 Å². The molecule has 0 spiro atoms. The summed E-state index contributed by atoms with van der Waals surface area (Å²) >= 11 is 0. The lowest BCUT2D eigenvalue weighted by Crippen LogP contribution is -2.40. The van der Waals surface area contributed by atoms with Crippen LogP contribution < -0.4 is 9.64 Å². The average molecular weight is 370 g/mol. The van der Waals surface area contributed by atoms with Crippen LogP contribution in [0, 0.1) is 0 Å². The molecule has 1 saturated heterocycles. The van der Waals surface area contributed by atoms with E-state index in [4.69, 9.17) is 14.5 Å². The van der Waals surface area contributed by atoms with Gasteiger partial charge in [-0.05, 0) is 25.7 Å². The first-order valence-electron chi connectivity index (χ1n) is 9.81. The van der Waals surface area contributed by atoms with Gasteiger partial charge in [-0.2, -0.15) is 4.98 Å². The lowest BCUT2D eigenvalue weighted by Gasteiger charge is -2.35. The Morgan fingerprint density at radius 1 is 1.15 bits per heavy atom. The van der Waals surface area contributed by atoms with Gasteiger partial charge in [0.15, 0.2) is 0 Å². The Kier molecular flexibility index (Phi) is 4.37. The number of hydrogen-bond donors (Lipinski definition) is 0. The van der Waals surface area contributed by atoms with E-state index >= 15 is 0 Å². The first-order valence-corrected chi connectivity index (χ1v) is 9.81. The number of fused-ring (bicyclic) bond motifs is 1. The van der Waals surface area contributed by atoms with Gasteiger partial charge in [-0.25, -0.2) is 9.99 Å². The molecule has 2 fully saturated rings. The molecule has 0 unspecified atom stereocenters. The maximum atomic E-state index is 6.37. The van der Waals surface area contributed by atoms with Crippen molar-refractivity contribution in [2.24, 2.45) is 0 Å². The second-order valence-electron chi connectivity index (χ2n) is 7.45. The van der Waals surface area contributed by atoms with E-state index in [1.54, 1.807) is 6.20 Å². The fourth-order valence-corrected chi connectivity index (χ4v) is 4.04. The SMILES string of the molecule is CN([C@H]1CC[C@@H](Oc2nc(N3CCOCC3)cc3nccn23)CC1)N1C=C1. The van der Waals surface area contributed by atoms with Crippen molar-refractivity contribution >= 4 is 11.5 Å². The van der Waals surface area contributed by atoms with Crippen LogP contribution in [0.15, 0.2) is 30.9 Å². The molecule has 5 rings (SSSR count). The topological polar surface area (TPSA) is 58.1 Å². The summed E-state index contributed by atoms with van der Waals surface area (Å²) in [4.78, 5) is 11.5. The van der Waals surface area contributed by atoms with E-state index in [-0.39, 0.29) is 6.10 Å². The highest BCUT2D eigenvalue weighted by Gasteiger charge is 2.29. The van der Waals surface area contributed by atoms with Crippen LogP contribution in [0.1, 0.15) is 25.7 Å². The first kappa shape index (κ1) is 16.8. The van der Waals surface area contributed by atoms with Crippen LogP contribution in [0.3, 0.4) is 0 Å². The summed E-state index contributed by atoms with van der Waals surface area (Å²) in [7, 11) is 2.16. The molecule has 144 valence electrons. The molecule has 1 saturated carbocycles. The zero-order chi connectivity index (χ0) is 18.2. The number of imidazole rings is 1. The highest BCUT2D eigenvalue weighted by atomic mass is 16.5. The molecular formula is C19H26N6O2. The number of hydrogen-bond acceptors (Lipinski definition) is 7. The van der Waals surface area contributed by atoms with Gasteiger partial charge < -0.3 is 14.4 Å². The van der Waals surface area contributed by atoms with Crippen molar-refractivity contribution in [3.63, 3.8) is 0 Å². The maximum Gasteiger partial charge on any atom is 0.304 e. The van der Waals surface area contributed by atoms with Gasteiger partial charge in [0, 0.05) is 57.0 Å². The second-order valence-corrected chi connectivity index (χ2v) is 7.45. The summed E-state index contributed by atoms with van der Waals surface area (Å²) in [6, 6.07) is 3.26. The Labute approximate surface area is 159 Å². The number of anilines is 1. The normalized spacial score (nSPS) is 25.4. The summed E-state index contributed by atoms with van der Waals surface area (Å²) in [5, 5.41) is 4.48. The summed E-state index contributed by atoms with van der Waals surface area (Å²) in [6.45, 7) is 3.18. The van der Waals surface area contributed by atoms with Gasteiger partial charge >= 0.3 is 6.01 Å². The summed E-state index contributed by atoms with van der Waals surface area (Å²) < 4.78 is 13.8. The van der Waals surface area contributed by atoms with Crippen LogP contribution >= 0.6 is 0 Å². The molecule has 0 aromatic carbocycles. The molecule has 0 atom stereocenters. The number of nitrogens with zero attached hydrogens (tertiary/aromatic N) is 6. The molecule has 4 heterocycles. The monoisotopic (exact) mass is 370 g/mol. The standard InChI is InChI=1S/C19H26N6O2/c1-22(24-8-9-24)15-2-4-16(5-3-15)27-19-21-18(23-10-12-26-13-11-23)14-17-20-6-7-25(17)19/h6-9,14-16H,2-5,10-13H2,1H3/t15-,16+. The largest absolute Gasteiger partial charge is 0.461 e. The molecule has 8 heteroatoms. The highest BCUT2D eigenvalue weighted by molar-refractivity contribution is 5.53. The lowest BCUT2D eigenvalue weighted by atomic mass is 9.93. The molecule has 2 aromatic heterocycles. The van der Waals surface area contributed by atoms with E-state index in [2.05, 4.69) is 39.3 Å². The number of aromatic nitrogens is 3. The van der Waals surface area contributed by atoms with Crippen LogP contribution in [0.4, 0.5) is 5.82 Å². The van der Waals surface area contributed by atoms with Crippen LogP contribution in [0.25, 0.3) is 5.65 Å². The quantitative estimate of drug-likeness (QED) is 0.797. The minimum absolute atomic E-state index is 0.204. The van der Waals surface area contributed by atoms with Crippen molar-refractivity contribution in [3.05, 3.63) is 30.9 Å². The van der Waals surface area contributed by atoms with Crippen LogP contribution in [-0.2, 0) is 4.74 Å². The second kappa shape index (κ2) is 7.01. The van der Waals surface area contributed by atoms with Gasteiger partial charge in [-0.3, -0.25) is 9.41 Å². The minimum Gasteiger partial charge on any atom is -0.461 e. The molecule has 0 N–H and O–H groups in total. The lowest BCUT2D eigenvalue weighted by molar-refractivity contribution is 0.0309. The summed E-state index contributed by atoms with van der Waals surface area (Å²) in [5.41, 5.74) is 0.877. The Morgan fingerprint density at radius 2 is 1.93 bits per heavy atom. The van der Waals surface area contributed by atoms with E-state index in [1.807, 2.05) is 16.7 Å². The summed E-state index contributed by atoms with van der Waals surface area (Å²) in [5.74, 6) is 0.924. The van der Waals surface area contributed by atoms with Crippen molar-refractivity contribution in [3.8, 4) is 6.01 Å². The van der Waals surface area contributed by atoms with E-state index in [0.717, 1.165) is 63.5 Å². The average Bonchev–Trinajstić information content (AvgIpc) is 3.46. The molecular weight excluding hydrogens is 344 g/mol. The van der Waals surface area contributed by atoms with E-state index in [1.165, 1.54) is 0 Å². The molecule has 2 aliphatic heterocycles. The Morgan fingerprint density at radius 3 is 2.67 bits per heavy atom. The molecule has 8 nitrogen and oxygen atoms in total. The first-order chi connectivity index (χ1) is 13.3. The predicted octanol–water partition coefficient (Wildman–Crippen LogP) is 1.89. The van der Waals surface area contributed by atoms with Crippen molar-refractivity contribution in [2.75, 3.05) is 38.3 Å². The molecule has 1 aliphatic carbocycles. The maximum absolute atomic E-state index is 6.37. The fraction of sp³-hybridized carbons (Fsp3) is 0.579. The molecule has 0 radical (unpaired) electrons. The molecule has 0 amide bonds. The molecule has 3 aliphatic rings. The highest BCUT2D eigenvalue weighted by Crippen LogP contribution is 2.29. The van der Waals surface area contributed by atoms with Crippen LogP contribution in [0.5, 0.6) is 6.01 Å².